The van der Waals surface area contributed by atoms with Crippen molar-refractivity contribution in [3.63, 3.8) is 0 Å². The van der Waals surface area contributed by atoms with Crippen LogP contribution in [0.2, 0.25) is 0 Å². The molecule has 1 aromatic rings. The predicted molar refractivity (Wildman–Crippen MR) is 73.4 cm³/mol. The molecule has 102 valence electrons. The maximum absolute atomic E-state index is 13.6. The second-order valence-corrected chi connectivity index (χ2v) is 4.73. The van der Waals surface area contributed by atoms with Crippen molar-refractivity contribution in [3.05, 3.63) is 53.0 Å². The van der Waals surface area contributed by atoms with E-state index in [0.717, 1.165) is 23.9 Å². The number of allylic oxidation sites excluding steroid dienone is 1. The minimum atomic E-state index is -0.710. The molecular formula is C14H14F2O2S. The Morgan fingerprint density at radius 1 is 1.42 bits per heavy atom. The Hall–Kier alpha value is -1.62. The van der Waals surface area contributed by atoms with Crippen molar-refractivity contribution in [2.45, 2.75) is 13.3 Å². The summed E-state index contributed by atoms with van der Waals surface area (Å²) in [5.74, 6) is -1.97. The van der Waals surface area contributed by atoms with E-state index in [1.54, 1.807) is 6.08 Å². The fourth-order valence-corrected chi connectivity index (χ4v) is 2.38. The standard InChI is InChI=1S/C14H14F2O2S/c1-4-6-12(14(17)18-3)19-9(2)13-10(15)7-5-8-11(13)16/h5-8H,2,4H2,1,3H3/b12-6-. The first-order valence-electron chi connectivity index (χ1n) is 5.60. The van der Waals surface area contributed by atoms with Gasteiger partial charge >= 0.3 is 5.97 Å². The van der Waals surface area contributed by atoms with E-state index >= 15 is 0 Å². The van der Waals surface area contributed by atoms with E-state index in [-0.39, 0.29) is 15.4 Å². The van der Waals surface area contributed by atoms with Crippen molar-refractivity contribution < 1.29 is 18.3 Å². The highest BCUT2D eigenvalue weighted by Gasteiger charge is 2.17. The fourth-order valence-electron chi connectivity index (χ4n) is 1.40. The maximum Gasteiger partial charge on any atom is 0.344 e. The van der Waals surface area contributed by atoms with Crippen LogP contribution >= 0.6 is 11.8 Å². The van der Waals surface area contributed by atoms with Gasteiger partial charge in [-0.2, -0.15) is 0 Å². The molecule has 0 N–H and O–H groups in total. The number of thioether (sulfide) groups is 1. The lowest BCUT2D eigenvalue weighted by Crippen LogP contribution is -2.02. The van der Waals surface area contributed by atoms with Crippen molar-refractivity contribution in [3.8, 4) is 0 Å². The van der Waals surface area contributed by atoms with Gasteiger partial charge in [-0.3, -0.25) is 0 Å². The summed E-state index contributed by atoms with van der Waals surface area (Å²) in [5.41, 5.74) is -0.224. The average Bonchev–Trinajstić information content (AvgIpc) is 2.37. The molecule has 5 heteroatoms. The molecule has 0 unspecified atom stereocenters. The van der Waals surface area contributed by atoms with Gasteiger partial charge in [0.2, 0.25) is 0 Å². The largest absolute Gasteiger partial charge is 0.465 e. The van der Waals surface area contributed by atoms with Gasteiger partial charge in [-0.15, -0.1) is 0 Å². The molecule has 2 nitrogen and oxygen atoms in total. The van der Waals surface area contributed by atoms with Gasteiger partial charge in [-0.05, 0) is 18.6 Å². The van der Waals surface area contributed by atoms with Crippen molar-refractivity contribution in [2.75, 3.05) is 7.11 Å². The zero-order chi connectivity index (χ0) is 14.4. The minimum Gasteiger partial charge on any atom is -0.465 e. The van der Waals surface area contributed by atoms with E-state index < -0.39 is 17.6 Å². The number of esters is 1. The summed E-state index contributed by atoms with van der Waals surface area (Å²) < 4.78 is 31.7. The van der Waals surface area contributed by atoms with Crippen LogP contribution in [0.3, 0.4) is 0 Å². The number of carbonyl (C=O) groups excluding carboxylic acids is 1. The highest BCUT2D eigenvalue weighted by molar-refractivity contribution is 8.12. The molecule has 1 aromatic carbocycles. The number of halogens is 2. The van der Waals surface area contributed by atoms with Gasteiger partial charge in [0.15, 0.2) is 0 Å². The Bertz CT molecular complexity index is 504. The first kappa shape index (κ1) is 15.4. The molecule has 19 heavy (non-hydrogen) atoms. The van der Waals surface area contributed by atoms with Gasteiger partial charge in [0.1, 0.15) is 11.6 Å². The lowest BCUT2D eigenvalue weighted by atomic mass is 10.2. The highest BCUT2D eigenvalue weighted by Crippen LogP contribution is 2.35. The van der Waals surface area contributed by atoms with Gasteiger partial charge < -0.3 is 4.74 Å². The lowest BCUT2D eigenvalue weighted by molar-refractivity contribution is -0.135. The summed E-state index contributed by atoms with van der Waals surface area (Å²) in [6, 6.07) is 3.56. The number of rotatable bonds is 5. The quantitative estimate of drug-likeness (QED) is 0.600. The minimum absolute atomic E-state index is 0.126. The van der Waals surface area contributed by atoms with Crippen LogP contribution in [-0.2, 0) is 9.53 Å². The normalized spacial score (nSPS) is 11.3. The third-order valence-corrected chi connectivity index (χ3v) is 3.25. The zero-order valence-electron chi connectivity index (χ0n) is 10.7. The molecule has 0 heterocycles. The van der Waals surface area contributed by atoms with Crippen molar-refractivity contribution in [1.29, 1.82) is 0 Å². The third-order valence-electron chi connectivity index (χ3n) is 2.25. The van der Waals surface area contributed by atoms with E-state index in [4.69, 9.17) is 0 Å². The van der Waals surface area contributed by atoms with Crippen molar-refractivity contribution in [2.24, 2.45) is 0 Å². The van der Waals surface area contributed by atoms with Crippen LogP contribution in [0.15, 0.2) is 35.8 Å². The predicted octanol–water partition coefficient (Wildman–Crippen LogP) is 4.14. The van der Waals surface area contributed by atoms with Gasteiger partial charge in [-0.1, -0.05) is 37.4 Å². The van der Waals surface area contributed by atoms with E-state index in [0.29, 0.717) is 6.42 Å². The second kappa shape index (κ2) is 7.09. The van der Waals surface area contributed by atoms with Crippen LogP contribution in [0, 0.1) is 11.6 Å². The molecule has 0 radical (unpaired) electrons. The van der Waals surface area contributed by atoms with Crippen LogP contribution < -0.4 is 0 Å². The first-order chi connectivity index (χ1) is 9.01. The monoisotopic (exact) mass is 284 g/mol. The molecule has 0 fully saturated rings. The molecule has 0 spiro atoms. The zero-order valence-corrected chi connectivity index (χ0v) is 11.5. The Kier molecular flexibility index (Phi) is 5.76. The summed E-state index contributed by atoms with van der Waals surface area (Å²) in [4.78, 5) is 11.9. The second-order valence-electron chi connectivity index (χ2n) is 3.59. The maximum atomic E-state index is 13.6. The van der Waals surface area contributed by atoms with Crippen LogP contribution in [0.25, 0.3) is 4.91 Å². The Labute approximate surface area is 115 Å². The number of hydrogen-bond donors (Lipinski definition) is 0. The van der Waals surface area contributed by atoms with Crippen LogP contribution in [-0.4, -0.2) is 13.1 Å². The number of benzene rings is 1. The Morgan fingerprint density at radius 3 is 2.47 bits per heavy atom. The van der Waals surface area contributed by atoms with Crippen LogP contribution in [0.1, 0.15) is 18.9 Å². The summed E-state index contributed by atoms with van der Waals surface area (Å²) in [6.45, 7) is 5.46. The Balaban J connectivity index is 3.01. The van der Waals surface area contributed by atoms with E-state index in [2.05, 4.69) is 11.3 Å². The summed E-state index contributed by atoms with van der Waals surface area (Å²) in [7, 11) is 1.25. The molecule has 1 rings (SSSR count). The van der Waals surface area contributed by atoms with Gasteiger partial charge in [0.05, 0.1) is 17.6 Å². The molecule has 0 aliphatic rings. The highest BCUT2D eigenvalue weighted by atomic mass is 32.2. The van der Waals surface area contributed by atoms with Gasteiger partial charge in [0.25, 0.3) is 0 Å². The summed E-state index contributed by atoms with van der Waals surface area (Å²) in [6.07, 6.45) is 2.23. The molecule has 0 saturated heterocycles. The molecule has 0 aliphatic heterocycles. The van der Waals surface area contributed by atoms with E-state index in [1.807, 2.05) is 6.92 Å². The molecule has 0 saturated carbocycles. The summed E-state index contributed by atoms with van der Waals surface area (Å²) >= 11 is 0.896. The van der Waals surface area contributed by atoms with Gasteiger partial charge in [0, 0.05) is 4.91 Å². The number of methoxy groups -OCH3 is 1. The lowest BCUT2D eigenvalue weighted by Gasteiger charge is -2.09. The number of carbonyl (C=O) groups is 1. The molecule has 0 amide bonds. The first-order valence-corrected chi connectivity index (χ1v) is 6.42. The number of ether oxygens (including phenoxy) is 1. The fraction of sp³-hybridized carbons (Fsp3) is 0.214. The third kappa shape index (κ3) is 3.92. The topological polar surface area (TPSA) is 26.3 Å². The van der Waals surface area contributed by atoms with Crippen LogP contribution in [0.4, 0.5) is 8.78 Å². The average molecular weight is 284 g/mol. The molecule has 0 aliphatic carbocycles. The smallest absolute Gasteiger partial charge is 0.344 e. The summed E-state index contributed by atoms with van der Waals surface area (Å²) in [5, 5.41) is 0. The molecule has 0 bridgehead atoms. The van der Waals surface area contributed by atoms with Crippen molar-refractivity contribution >= 4 is 22.6 Å². The van der Waals surface area contributed by atoms with Crippen LogP contribution in [0.5, 0.6) is 0 Å². The molecule has 0 aromatic heterocycles. The molecule has 0 atom stereocenters. The van der Waals surface area contributed by atoms with Gasteiger partial charge in [-0.25, -0.2) is 13.6 Å². The SMILES string of the molecule is C=C(S/C(=C\CC)C(=O)OC)c1c(F)cccc1F. The van der Waals surface area contributed by atoms with Crippen molar-refractivity contribution in [1.82, 2.24) is 0 Å². The Morgan fingerprint density at radius 2 is 2.00 bits per heavy atom. The van der Waals surface area contributed by atoms with E-state index in [9.17, 15) is 13.6 Å². The number of hydrogen-bond acceptors (Lipinski definition) is 3. The molecular weight excluding hydrogens is 270 g/mol. The van der Waals surface area contributed by atoms with E-state index in [1.165, 1.54) is 13.2 Å².